The predicted molar refractivity (Wildman–Crippen MR) is 83.8 cm³/mol. The maximum atomic E-state index is 11.8. The summed E-state index contributed by atoms with van der Waals surface area (Å²) in [7, 11) is 0. The third-order valence-electron chi connectivity index (χ3n) is 3.63. The van der Waals surface area contributed by atoms with Crippen LogP contribution >= 0.6 is 0 Å². The Morgan fingerprint density at radius 2 is 2.23 bits per heavy atom. The summed E-state index contributed by atoms with van der Waals surface area (Å²) in [6.45, 7) is 2.08. The van der Waals surface area contributed by atoms with Crippen molar-refractivity contribution in [3.63, 3.8) is 0 Å². The van der Waals surface area contributed by atoms with E-state index >= 15 is 0 Å². The highest BCUT2D eigenvalue weighted by Crippen LogP contribution is 2.12. The maximum absolute atomic E-state index is 11.8. The lowest BCUT2D eigenvalue weighted by molar-refractivity contribution is 0.112. The molecule has 1 aromatic carbocycles. The van der Waals surface area contributed by atoms with Crippen LogP contribution in [0.4, 0.5) is 10.5 Å². The minimum absolute atomic E-state index is 0.155. The SMILES string of the molecule is O=C(NCC1CCCO1)Nc1ccc(Cn2cccn2)cc1. The summed E-state index contributed by atoms with van der Waals surface area (Å²) >= 11 is 0. The summed E-state index contributed by atoms with van der Waals surface area (Å²) in [5.41, 5.74) is 1.91. The molecule has 1 saturated heterocycles. The molecule has 6 heteroatoms. The average Bonchev–Trinajstić information content (AvgIpc) is 3.20. The monoisotopic (exact) mass is 300 g/mol. The van der Waals surface area contributed by atoms with Crippen molar-refractivity contribution in [2.75, 3.05) is 18.5 Å². The second-order valence-corrected chi connectivity index (χ2v) is 5.37. The van der Waals surface area contributed by atoms with Crippen LogP contribution in [0.5, 0.6) is 0 Å². The van der Waals surface area contributed by atoms with Gasteiger partial charge < -0.3 is 15.4 Å². The quantitative estimate of drug-likeness (QED) is 0.889. The Labute approximate surface area is 129 Å². The number of amides is 2. The Kier molecular flexibility index (Phi) is 4.70. The zero-order chi connectivity index (χ0) is 15.2. The number of benzene rings is 1. The maximum Gasteiger partial charge on any atom is 0.319 e. The lowest BCUT2D eigenvalue weighted by atomic mass is 10.2. The number of nitrogens with zero attached hydrogens (tertiary/aromatic N) is 2. The van der Waals surface area contributed by atoms with Crippen molar-refractivity contribution < 1.29 is 9.53 Å². The molecule has 0 radical (unpaired) electrons. The van der Waals surface area contributed by atoms with E-state index < -0.39 is 0 Å². The van der Waals surface area contributed by atoms with Crippen LogP contribution < -0.4 is 10.6 Å². The van der Waals surface area contributed by atoms with Crippen molar-refractivity contribution in [2.24, 2.45) is 0 Å². The number of aromatic nitrogens is 2. The van der Waals surface area contributed by atoms with E-state index in [4.69, 9.17) is 4.74 Å². The van der Waals surface area contributed by atoms with Crippen LogP contribution in [0.25, 0.3) is 0 Å². The van der Waals surface area contributed by atoms with Crippen molar-refractivity contribution in [1.82, 2.24) is 15.1 Å². The minimum Gasteiger partial charge on any atom is -0.376 e. The summed E-state index contributed by atoms with van der Waals surface area (Å²) in [5, 5.41) is 9.83. The van der Waals surface area contributed by atoms with Crippen LogP contribution in [0.3, 0.4) is 0 Å². The van der Waals surface area contributed by atoms with Crippen LogP contribution in [0, 0.1) is 0 Å². The molecule has 0 aliphatic carbocycles. The molecule has 1 fully saturated rings. The van der Waals surface area contributed by atoms with Crippen LogP contribution in [-0.2, 0) is 11.3 Å². The van der Waals surface area contributed by atoms with Gasteiger partial charge in [-0.25, -0.2) is 4.79 Å². The van der Waals surface area contributed by atoms with Crippen LogP contribution in [0.15, 0.2) is 42.7 Å². The number of urea groups is 1. The van der Waals surface area contributed by atoms with Crippen molar-refractivity contribution in [3.05, 3.63) is 48.3 Å². The predicted octanol–water partition coefficient (Wildman–Crippen LogP) is 2.23. The van der Waals surface area contributed by atoms with Crippen molar-refractivity contribution in [3.8, 4) is 0 Å². The molecular formula is C16H20N4O2. The van der Waals surface area contributed by atoms with E-state index in [0.29, 0.717) is 6.54 Å². The van der Waals surface area contributed by atoms with E-state index in [-0.39, 0.29) is 12.1 Å². The van der Waals surface area contributed by atoms with Crippen LogP contribution in [0.1, 0.15) is 18.4 Å². The van der Waals surface area contributed by atoms with Gasteiger partial charge in [-0.15, -0.1) is 0 Å². The summed E-state index contributed by atoms with van der Waals surface area (Å²) in [4.78, 5) is 11.8. The molecule has 2 heterocycles. The van der Waals surface area contributed by atoms with E-state index in [1.807, 2.05) is 41.2 Å². The molecule has 22 heavy (non-hydrogen) atoms. The molecule has 3 rings (SSSR count). The van der Waals surface area contributed by atoms with Gasteiger partial charge in [-0.3, -0.25) is 4.68 Å². The van der Waals surface area contributed by atoms with E-state index in [0.717, 1.165) is 37.2 Å². The average molecular weight is 300 g/mol. The first-order valence-corrected chi connectivity index (χ1v) is 7.52. The molecule has 1 atom stereocenters. The van der Waals surface area contributed by atoms with E-state index in [1.54, 1.807) is 6.20 Å². The Morgan fingerprint density at radius 1 is 1.36 bits per heavy atom. The summed E-state index contributed by atoms with van der Waals surface area (Å²) in [6, 6.07) is 9.45. The normalized spacial score (nSPS) is 17.4. The van der Waals surface area contributed by atoms with Gasteiger partial charge in [0.25, 0.3) is 0 Å². The van der Waals surface area contributed by atoms with Crippen molar-refractivity contribution in [2.45, 2.75) is 25.5 Å². The van der Waals surface area contributed by atoms with Gasteiger partial charge >= 0.3 is 6.03 Å². The zero-order valence-electron chi connectivity index (χ0n) is 12.4. The second-order valence-electron chi connectivity index (χ2n) is 5.37. The standard InChI is InChI=1S/C16H20N4O2/c21-16(17-11-15-3-1-10-22-15)19-14-6-4-13(5-7-14)12-20-9-2-8-18-20/h2,4-9,15H,1,3,10-12H2,(H2,17,19,21). The Hall–Kier alpha value is -2.34. The zero-order valence-corrected chi connectivity index (χ0v) is 12.4. The number of carbonyl (C=O) groups excluding carboxylic acids is 1. The second kappa shape index (κ2) is 7.09. The smallest absolute Gasteiger partial charge is 0.319 e. The highest BCUT2D eigenvalue weighted by Gasteiger charge is 2.15. The first kappa shape index (κ1) is 14.6. The molecule has 2 amide bonds. The number of ether oxygens (including phenoxy) is 1. The number of carbonyl (C=O) groups is 1. The summed E-state index contributed by atoms with van der Waals surface area (Å²) in [5.74, 6) is 0. The lowest BCUT2D eigenvalue weighted by Gasteiger charge is -2.12. The summed E-state index contributed by atoms with van der Waals surface area (Å²) < 4.78 is 7.33. The molecule has 2 aromatic rings. The van der Waals surface area contributed by atoms with Crippen LogP contribution in [0.2, 0.25) is 0 Å². The molecule has 0 spiro atoms. The van der Waals surface area contributed by atoms with E-state index in [1.165, 1.54) is 0 Å². The molecule has 0 bridgehead atoms. The van der Waals surface area contributed by atoms with E-state index in [9.17, 15) is 4.79 Å². The van der Waals surface area contributed by atoms with Gasteiger partial charge in [0.2, 0.25) is 0 Å². The largest absolute Gasteiger partial charge is 0.376 e. The molecular weight excluding hydrogens is 280 g/mol. The van der Waals surface area contributed by atoms with Gasteiger partial charge in [-0.2, -0.15) is 5.10 Å². The van der Waals surface area contributed by atoms with Crippen molar-refractivity contribution >= 4 is 11.7 Å². The van der Waals surface area contributed by atoms with Gasteiger partial charge in [0.05, 0.1) is 12.6 Å². The molecule has 116 valence electrons. The van der Waals surface area contributed by atoms with Gasteiger partial charge in [-0.05, 0) is 36.6 Å². The first-order chi connectivity index (χ1) is 10.8. The molecule has 0 saturated carbocycles. The molecule has 2 N–H and O–H groups in total. The number of rotatable bonds is 5. The molecule has 6 nitrogen and oxygen atoms in total. The van der Waals surface area contributed by atoms with Crippen LogP contribution in [-0.4, -0.2) is 35.1 Å². The molecule has 1 unspecified atom stereocenters. The van der Waals surface area contributed by atoms with Gasteiger partial charge in [0, 0.05) is 31.2 Å². The highest BCUT2D eigenvalue weighted by molar-refractivity contribution is 5.89. The first-order valence-electron chi connectivity index (χ1n) is 7.52. The van der Waals surface area contributed by atoms with E-state index in [2.05, 4.69) is 15.7 Å². The fraction of sp³-hybridized carbons (Fsp3) is 0.375. The Morgan fingerprint density at radius 3 is 2.91 bits per heavy atom. The topological polar surface area (TPSA) is 68.2 Å². The molecule has 1 aliphatic heterocycles. The van der Waals surface area contributed by atoms with Gasteiger partial charge in [-0.1, -0.05) is 12.1 Å². The number of anilines is 1. The summed E-state index contributed by atoms with van der Waals surface area (Å²) in [6.07, 6.45) is 5.93. The van der Waals surface area contributed by atoms with Gasteiger partial charge in [0.15, 0.2) is 0 Å². The Balaban J connectivity index is 1.46. The third-order valence-corrected chi connectivity index (χ3v) is 3.63. The highest BCUT2D eigenvalue weighted by atomic mass is 16.5. The number of hydrogen-bond acceptors (Lipinski definition) is 3. The fourth-order valence-electron chi connectivity index (χ4n) is 2.46. The minimum atomic E-state index is -0.199. The number of nitrogens with one attached hydrogen (secondary N) is 2. The fourth-order valence-corrected chi connectivity index (χ4v) is 2.46. The Bertz CT molecular complexity index is 589. The van der Waals surface area contributed by atoms with Crippen molar-refractivity contribution in [1.29, 1.82) is 0 Å². The number of hydrogen-bond donors (Lipinski definition) is 2. The third kappa shape index (κ3) is 4.08. The molecule has 1 aromatic heterocycles. The lowest BCUT2D eigenvalue weighted by Crippen LogP contribution is -2.35. The van der Waals surface area contributed by atoms with Gasteiger partial charge in [0.1, 0.15) is 0 Å². The molecule has 1 aliphatic rings.